The predicted molar refractivity (Wildman–Crippen MR) is 343 cm³/mol. The van der Waals surface area contributed by atoms with Crippen LogP contribution in [-0.4, -0.2) is 17.2 Å². The Morgan fingerprint density at radius 3 is 1.75 bits per heavy atom. The maximum absolute atomic E-state index is 4.59. The highest BCUT2D eigenvalue weighted by Gasteiger charge is 2.58. The zero-order chi connectivity index (χ0) is 55.0. The fraction of sp³-hybridized carbons (Fsp3) is 0.224. The minimum absolute atomic E-state index is 0.0462. The summed E-state index contributed by atoms with van der Waals surface area (Å²) in [6.07, 6.45) is 10.6. The number of fused-ring (bicyclic) bond motifs is 8. The van der Waals surface area contributed by atoms with Gasteiger partial charge in [-0.2, -0.15) is 0 Å². The van der Waals surface area contributed by atoms with Crippen molar-refractivity contribution in [3.8, 4) is 44.5 Å². The average molecular weight is 1050 g/mol. The minimum Gasteiger partial charge on any atom is -0.334 e. The molecule has 4 nitrogen and oxygen atoms in total. The molecule has 1 saturated carbocycles. The van der Waals surface area contributed by atoms with Crippen LogP contribution in [0.3, 0.4) is 0 Å². The van der Waals surface area contributed by atoms with E-state index < -0.39 is 0 Å². The van der Waals surface area contributed by atoms with Gasteiger partial charge in [0.1, 0.15) is 0 Å². The van der Waals surface area contributed by atoms with Crippen molar-refractivity contribution in [2.45, 2.75) is 103 Å². The van der Waals surface area contributed by atoms with E-state index in [1.54, 1.807) is 0 Å². The topological polar surface area (TPSA) is 22.6 Å². The first-order valence-corrected chi connectivity index (χ1v) is 29.6. The van der Waals surface area contributed by atoms with Gasteiger partial charge in [-0.25, -0.2) is 0 Å². The highest BCUT2D eigenvalue weighted by Crippen LogP contribution is 2.62. The van der Waals surface area contributed by atoms with E-state index in [-0.39, 0.29) is 28.5 Å². The third-order valence-electron chi connectivity index (χ3n) is 19.6. The standard InChI is InChI=1S/C76H69BN4/c1-73(2,3)59-32-35-66(62(44-59)52-25-15-10-16-26-52)80-69-43-58-48-74(4,5)47-57(58)41-65(69)77-64-33-30-55(51-23-13-9-14-24-51)42-68(64)79(60-29-19-27-53(39-60)50-21-11-8-12-22-50)70-45-61(46-71(80)72(70)77)81-67-34-31-54(56-28-20-38-78-49-56)40-63(67)75(6)36-17-18-37-76(75,81)7/h8-16,19-35,38-46,49H,17-18,36-37,47-48H2,1-7H3. The molecule has 1 fully saturated rings. The summed E-state index contributed by atoms with van der Waals surface area (Å²) in [6, 6.07) is 79.2. The van der Waals surface area contributed by atoms with Gasteiger partial charge < -0.3 is 14.7 Å². The smallest absolute Gasteiger partial charge is 0.252 e. The van der Waals surface area contributed by atoms with Gasteiger partial charge in [0, 0.05) is 63.2 Å². The molecule has 9 aromatic carbocycles. The van der Waals surface area contributed by atoms with E-state index in [2.05, 4.69) is 274 Å². The van der Waals surface area contributed by atoms with E-state index in [1.165, 1.54) is 130 Å². The number of rotatable bonds is 7. The molecule has 2 atom stereocenters. The molecule has 0 amide bonds. The van der Waals surface area contributed by atoms with Gasteiger partial charge in [-0.1, -0.05) is 194 Å². The summed E-state index contributed by atoms with van der Waals surface area (Å²) in [6.45, 7) is 17.1. The van der Waals surface area contributed by atoms with Gasteiger partial charge in [0.25, 0.3) is 6.71 Å². The lowest BCUT2D eigenvalue weighted by Crippen LogP contribution is -2.61. The van der Waals surface area contributed by atoms with E-state index in [9.17, 15) is 0 Å². The predicted octanol–water partition coefficient (Wildman–Crippen LogP) is 18.0. The number of aromatic nitrogens is 1. The van der Waals surface area contributed by atoms with Crippen LogP contribution in [0.4, 0.5) is 45.5 Å². The molecular weight excluding hydrogens is 980 g/mol. The fourth-order valence-electron chi connectivity index (χ4n) is 15.4. The Morgan fingerprint density at radius 1 is 0.444 bits per heavy atom. The van der Waals surface area contributed by atoms with Gasteiger partial charge in [0.2, 0.25) is 0 Å². The van der Waals surface area contributed by atoms with E-state index in [0.29, 0.717) is 0 Å². The molecule has 5 aliphatic rings. The molecule has 0 N–H and O–H groups in total. The molecule has 1 aromatic heterocycles. The van der Waals surface area contributed by atoms with E-state index >= 15 is 0 Å². The van der Waals surface area contributed by atoms with Gasteiger partial charge in [-0.3, -0.25) is 4.98 Å². The Labute approximate surface area is 479 Å². The van der Waals surface area contributed by atoms with E-state index in [0.717, 1.165) is 36.9 Å². The average Bonchev–Trinajstić information content (AvgIpc) is 2.63. The summed E-state index contributed by atoms with van der Waals surface area (Å²) in [5.74, 6) is 0. The number of pyridine rings is 1. The van der Waals surface area contributed by atoms with Crippen molar-refractivity contribution < 1.29 is 0 Å². The molecule has 81 heavy (non-hydrogen) atoms. The number of anilines is 8. The van der Waals surface area contributed by atoms with Crippen molar-refractivity contribution in [3.05, 3.63) is 241 Å². The molecule has 15 rings (SSSR count). The number of hydrogen-bond acceptors (Lipinski definition) is 4. The maximum Gasteiger partial charge on any atom is 0.252 e. The largest absolute Gasteiger partial charge is 0.334 e. The molecule has 0 saturated heterocycles. The molecule has 5 heteroatoms. The van der Waals surface area contributed by atoms with Gasteiger partial charge in [0.05, 0.1) is 11.2 Å². The molecule has 396 valence electrons. The number of nitrogens with zero attached hydrogens (tertiary/aromatic N) is 4. The second-order valence-electron chi connectivity index (χ2n) is 26.2. The van der Waals surface area contributed by atoms with Crippen molar-refractivity contribution >= 4 is 68.6 Å². The zero-order valence-electron chi connectivity index (χ0n) is 47.9. The normalized spacial score (nSPS) is 19.1. The van der Waals surface area contributed by atoms with Crippen molar-refractivity contribution in [2.24, 2.45) is 5.41 Å². The Bertz CT molecular complexity index is 4130. The summed E-state index contributed by atoms with van der Waals surface area (Å²) in [4.78, 5) is 12.8. The van der Waals surface area contributed by atoms with Crippen LogP contribution in [0.5, 0.6) is 0 Å². The first-order chi connectivity index (χ1) is 39.2. The summed E-state index contributed by atoms with van der Waals surface area (Å²) >= 11 is 0. The van der Waals surface area contributed by atoms with Crippen LogP contribution in [0, 0.1) is 5.41 Å². The molecule has 10 aromatic rings. The fourth-order valence-corrected chi connectivity index (χ4v) is 15.4. The minimum atomic E-state index is -0.222. The summed E-state index contributed by atoms with van der Waals surface area (Å²) in [7, 11) is 0. The summed E-state index contributed by atoms with van der Waals surface area (Å²) < 4.78 is 0. The number of hydrogen-bond donors (Lipinski definition) is 0. The van der Waals surface area contributed by atoms with E-state index in [4.69, 9.17) is 0 Å². The first kappa shape index (κ1) is 49.6. The van der Waals surface area contributed by atoms with Crippen LogP contribution in [0.15, 0.2) is 219 Å². The second kappa shape index (κ2) is 18.3. The third-order valence-corrected chi connectivity index (χ3v) is 19.6. The van der Waals surface area contributed by atoms with Crippen LogP contribution in [0.1, 0.15) is 96.4 Å². The molecule has 0 radical (unpaired) electrons. The zero-order valence-corrected chi connectivity index (χ0v) is 47.9. The van der Waals surface area contributed by atoms with Crippen molar-refractivity contribution in [1.82, 2.24) is 4.98 Å². The monoisotopic (exact) mass is 1050 g/mol. The van der Waals surface area contributed by atoms with Crippen LogP contribution in [-0.2, 0) is 23.7 Å². The molecule has 0 spiro atoms. The maximum atomic E-state index is 4.59. The van der Waals surface area contributed by atoms with Gasteiger partial charge in [-0.15, -0.1) is 0 Å². The summed E-state index contributed by atoms with van der Waals surface area (Å²) in [5, 5.41) is 0. The quantitative estimate of drug-likeness (QED) is 0.148. The van der Waals surface area contributed by atoms with Crippen LogP contribution in [0.2, 0.25) is 0 Å². The highest BCUT2D eigenvalue weighted by molar-refractivity contribution is 7.00. The van der Waals surface area contributed by atoms with Crippen LogP contribution < -0.4 is 31.1 Å². The second-order valence-corrected chi connectivity index (χ2v) is 26.2. The lowest BCUT2D eigenvalue weighted by molar-refractivity contribution is 0.195. The van der Waals surface area contributed by atoms with Crippen LogP contribution >= 0.6 is 0 Å². The lowest BCUT2D eigenvalue weighted by atomic mass is 9.33. The Balaban J connectivity index is 1.08. The molecular formula is C76H69BN4. The SMILES string of the molecule is CC1(C)Cc2cc3c(cc2C1)N(c1ccc(C(C)(C)C)cc1-c1ccccc1)c1cc(N2c4ccc(-c5cccnc5)cc4C4(C)CCCCC24C)cc2c1B3c1ccc(-c3ccccc3)cc1N2c1cccc(-c2ccccc2)c1. The molecule has 2 aliphatic carbocycles. The van der Waals surface area contributed by atoms with Gasteiger partial charge in [0.15, 0.2) is 0 Å². The Kier molecular flexibility index (Phi) is 11.2. The van der Waals surface area contributed by atoms with E-state index in [1.807, 2.05) is 12.4 Å². The van der Waals surface area contributed by atoms with Crippen LogP contribution in [0.25, 0.3) is 44.5 Å². The summed E-state index contributed by atoms with van der Waals surface area (Å²) in [5.41, 5.74) is 29.0. The van der Waals surface area contributed by atoms with Crippen molar-refractivity contribution in [3.63, 3.8) is 0 Å². The Hall–Kier alpha value is -8.41. The first-order valence-electron chi connectivity index (χ1n) is 29.6. The molecule has 0 bridgehead atoms. The third kappa shape index (κ3) is 7.82. The molecule has 4 heterocycles. The van der Waals surface area contributed by atoms with Gasteiger partial charge >= 0.3 is 0 Å². The van der Waals surface area contributed by atoms with Crippen molar-refractivity contribution in [1.29, 1.82) is 0 Å². The molecule has 2 unspecified atom stereocenters. The van der Waals surface area contributed by atoms with Crippen molar-refractivity contribution in [2.75, 3.05) is 14.7 Å². The highest BCUT2D eigenvalue weighted by atomic mass is 15.3. The Morgan fingerprint density at radius 2 is 1.05 bits per heavy atom. The van der Waals surface area contributed by atoms with Gasteiger partial charge in [-0.05, 0) is 188 Å². The lowest BCUT2D eigenvalue weighted by Gasteiger charge is -2.51. The number of benzene rings is 9. The molecule has 3 aliphatic heterocycles.